The molecule has 7 nitrogen and oxygen atoms in total. The minimum atomic E-state index is 0.0346. The van der Waals surface area contributed by atoms with Crippen molar-refractivity contribution in [1.82, 2.24) is 19.4 Å². The highest BCUT2D eigenvalue weighted by Crippen LogP contribution is 2.23. The Balaban J connectivity index is 1.37. The summed E-state index contributed by atoms with van der Waals surface area (Å²) in [6.45, 7) is 5.64. The van der Waals surface area contributed by atoms with Crippen molar-refractivity contribution in [2.75, 3.05) is 31.1 Å². The van der Waals surface area contributed by atoms with Gasteiger partial charge in [-0.05, 0) is 54.8 Å². The second-order valence-corrected chi connectivity index (χ2v) is 7.88. The molecule has 2 aromatic heterocycles. The average molecular weight is 420 g/mol. The number of carbonyl (C=O) groups is 1. The summed E-state index contributed by atoms with van der Waals surface area (Å²) in [5.41, 5.74) is 2.42. The first kappa shape index (κ1) is 20.9. The summed E-state index contributed by atoms with van der Waals surface area (Å²) in [5.74, 6) is 1.02. The van der Waals surface area contributed by atoms with E-state index in [1.807, 2.05) is 42.0 Å². The van der Waals surface area contributed by atoms with Crippen molar-refractivity contribution in [2.45, 2.75) is 32.4 Å². The third-order valence-corrected chi connectivity index (χ3v) is 5.71. The van der Waals surface area contributed by atoms with Gasteiger partial charge in [-0.25, -0.2) is 4.98 Å². The van der Waals surface area contributed by atoms with E-state index in [0.29, 0.717) is 0 Å². The van der Waals surface area contributed by atoms with Crippen LogP contribution in [0.2, 0.25) is 0 Å². The van der Waals surface area contributed by atoms with Crippen molar-refractivity contribution in [3.8, 4) is 5.75 Å². The molecule has 1 fully saturated rings. The molecule has 4 rings (SSSR count). The lowest BCUT2D eigenvalue weighted by Crippen LogP contribution is -2.48. The topological polar surface area (TPSA) is 63.5 Å². The summed E-state index contributed by atoms with van der Waals surface area (Å²) in [7, 11) is 0. The molecular weight excluding hydrogens is 390 g/mol. The van der Waals surface area contributed by atoms with E-state index in [1.54, 1.807) is 13.1 Å². The number of benzene rings is 1. The van der Waals surface area contributed by atoms with E-state index in [9.17, 15) is 4.79 Å². The van der Waals surface area contributed by atoms with Gasteiger partial charge in [0.25, 0.3) is 0 Å². The molecule has 1 atom stereocenters. The summed E-state index contributed by atoms with van der Waals surface area (Å²) >= 11 is 0. The van der Waals surface area contributed by atoms with Gasteiger partial charge in [0.15, 0.2) is 0 Å². The Morgan fingerprint density at radius 1 is 1.00 bits per heavy atom. The third-order valence-electron chi connectivity index (χ3n) is 5.71. The maximum atomic E-state index is 11.5. The van der Waals surface area contributed by atoms with Gasteiger partial charge in [-0.2, -0.15) is 0 Å². The average Bonchev–Trinajstić information content (AvgIpc) is 3.32. The van der Waals surface area contributed by atoms with E-state index >= 15 is 0 Å². The van der Waals surface area contributed by atoms with Crippen LogP contribution in [0.3, 0.4) is 0 Å². The second-order valence-electron chi connectivity index (χ2n) is 7.88. The first-order valence-electron chi connectivity index (χ1n) is 10.8. The fourth-order valence-electron chi connectivity index (χ4n) is 3.90. The number of anilines is 1. The van der Waals surface area contributed by atoms with E-state index in [-0.39, 0.29) is 12.0 Å². The summed E-state index contributed by atoms with van der Waals surface area (Å²) < 4.78 is 8.42. The van der Waals surface area contributed by atoms with Crippen LogP contribution in [0.4, 0.5) is 5.69 Å². The number of hydrogen-bond acceptors (Lipinski definition) is 5. The molecule has 1 aliphatic rings. The molecule has 0 radical (unpaired) electrons. The number of hydrogen-bond donors (Lipinski definition) is 0. The number of carbonyl (C=O) groups excluding carboxylic acids is 1. The SMILES string of the molecule is CC(=O)N1CCN(c2ccc(OC(CCc3ccncc3)Cn3ccnc3)cc2)CC1. The van der Waals surface area contributed by atoms with Gasteiger partial charge < -0.3 is 19.1 Å². The van der Waals surface area contributed by atoms with Crippen LogP contribution in [0.1, 0.15) is 18.9 Å². The highest BCUT2D eigenvalue weighted by atomic mass is 16.5. The van der Waals surface area contributed by atoms with E-state index < -0.39 is 0 Å². The lowest BCUT2D eigenvalue weighted by Gasteiger charge is -2.35. The molecule has 1 unspecified atom stereocenters. The van der Waals surface area contributed by atoms with E-state index in [4.69, 9.17) is 4.74 Å². The van der Waals surface area contributed by atoms with Gasteiger partial charge in [0.2, 0.25) is 5.91 Å². The number of rotatable bonds is 8. The molecule has 7 heteroatoms. The summed E-state index contributed by atoms with van der Waals surface area (Å²) in [6, 6.07) is 12.4. The molecular formula is C24H29N5O2. The van der Waals surface area contributed by atoms with Crippen molar-refractivity contribution in [3.05, 3.63) is 73.1 Å². The number of nitrogens with zero attached hydrogens (tertiary/aromatic N) is 5. The molecule has 0 bridgehead atoms. The van der Waals surface area contributed by atoms with Gasteiger partial charge in [0.1, 0.15) is 11.9 Å². The number of imidazole rings is 1. The Labute approximate surface area is 183 Å². The van der Waals surface area contributed by atoms with Crippen molar-refractivity contribution >= 4 is 11.6 Å². The lowest BCUT2D eigenvalue weighted by atomic mass is 10.1. The van der Waals surface area contributed by atoms with Crippen LogP contribution >= 0.6 is 0 Å². The number of aryl methyl sites for hydroxylation is 1. The maximum absolute atomic E-state index is 11.5. The van der Waals surface area contributed by atoms with E-state index in [2.05, 4.69) is 43.7 Å². The zero-order valence-corrected chi connectivity index (χ0v) is 17.9. The molecule has 1 aromatic carbocycles. The van der Waals surface area contributed by atoms with Crippen LogP contribution in [0.25, 0.3) is 0 Å². The molecule has 1 saturated heterocycles. The molecule has 31 heavy (non-hydrogen) atoms. The van der Waals surface area contributed by atoms with E-state index in [1.165, 1.54) is 11.3 Å². The summed E-state index contributed by atoms with van der Waals surface area (Å²) in [4.78, 5) is 24.0. The first-order chi connectivity index (χ1) is 15.2. The number of piperazine rings is 1. The monoisotopic (exact) mass is 419 g/mol. The van der Waals surface area contributed by atoms with Crippen LogP contribution in [-0.4, -0.2) is 57.6 Å². The number of pyridine rings is 1. The molecule has 0 aliphatic carbocycles. The van der Waals surface area contributed by atoms with Gasteiger partial charge in [-0.3, -0.25) is 9.78 Å². The predicted octanol–water partition coefficient (Wildman–Crippen LogP) is 3.03. The molecule has 162 valence electrons. The molecule has 0 N–H and O–H groups in total. The Hall–Kier alpha value is -3.35. The van der Waals surface area contributed by atoms with E-state index in [0.717, 1.165) is 51.3 Å². The standard InChI is InChI=1S/C24H29N5O2/c1-20(30)28-14-16-29(17-15-28)22-3-6-23(7-4-22)31-24(18-27-13-12-26-19-27)5-2-21-8-10-25-11-9-21/h3-4,6-13,19,24H,2,5,14-18H2,1H3. The van der Waals surface area contributed by atoms with Crippen molar-refractivity contribution in [2.24, 2.45) is 0 Å². The van der Waals surface area contributed by atoms with Crippen LogP contribution in [0.15, 0.2) is 67.5 Å². The lowest BCUT2D eigenvalue weighted by molar-refractivity contribution is -0.129. The van der Waals surface area contributed by atoms with Crippen molar-refractivity contribution in [1.29, 1.82) is 0 Å². The molecule has 3 heterocycles. The van der Waals surface area contributed by atoms with Crippen LogP contribution in [-0.2, 0) is 17.8 Å². The fourth-order valence-corrected chi connectivity index (χ4v) is 3.90. The quantitative estimate of drug-likeness (QED) is 0.562. The second kappa shape index (κ2) is 10.1. The normalized spacial score (nSPS) is 15.0. The summed E-state index contributed by atoms with van der Waals surface area (Å²) in [5, 5.41) is 0. The third kappa shape index (κ3) is 5.84. The fraction of sp³-hybridized carbons (Fsp3) is 0.375. The minimum absolute atomic E-state index is 0.0346. The van der Waals surface area contributed by atoms with Crippen LogP contribution < -0.4 is 9.64 Å². The molecule has 0 saturated carbocycles. The Morgan fingerprint density at radius 2 is 1.74 bits per heavy atom. The zero-order chi connectivity index (χ0) is 21.5. The van der Waals surface area contributed by atoms with Gasteiger partial charge in [0, 0.05) is 63.6 Å². The van der Waals surface area contributed by atoms with Crippen LogP contribution in [0, 0.1) is 0 Å². The maximum Gasteiger partial charge on any atom is 0.219 e. The number of ether oxygens (including phenoxy) is 1. The highest BCUT2D eigenvalue weighted by molar-refractivity contribution is 5.73. The zero-order valence-electron chi connectivity index (χ0n) is 17.9. The number of amides is 1. The smallest absolute Gasteiger partial charge is 0.219 e. The predicted molar refractivity (Wildman–Crippen MR) is 120 cm³/mol. The van der Waals surface area contributed by atoms with Gasteiger partial charge in [-0.15, -0.1) is 0 Å². The largest absolute Gasteiger partial charge is 0.489 e. The highest BCUT2D eigenvalue weighted by Gasteiger charge is 2.19. The van der Waals surface area contributed by atoms with Crippen molar-refractivity contribution < 1.29 is 9.53 Å². The number of aromatic nitrogens is 3. The van der Waals surface area contributed by atoms with Gasteiger partial charge >= 0.3 is 0 Å². The Bertz CT molecular complexity index is 936. The molecule has 0 spiro atoms. The minimum Gasteiger partial charge on any atom is -0.489 e. The van der Waals surface area contributed by atoms with Gasteiger partial charge in [-0.1, -0.05) is 0 Å². The Morgan fingerprint density at radius 3 is 2.39 bits per heavy atom. The van der Waals surface area contributed by atoms with Gasteiger partial charge in [0.05, 0.1) is 12.9 Å². The Kier molecular flexibility index (Phi) is 6.82. The summed E-state index contributed by atoms with van der Waals surface area (Å²) in [6.07, 6.45) is 11.1. The molecule has 3 aromatic rings. The van der Waals surface area contributed by atoms with Crippen molar-refractivity contribution in [3.63, 3.8) is 0 Å². The first-order valence-corrected chi connectivity index (χ1v) is 10.8. The molecule has 1 amide bonds. The van der Waals surface area contributed by atoms with Crippen LogP contribution in [0.5, 0.6) is 5.75 Å². The molecule has 1 aliphatic heterocycles.